The molecular weight excluding hydrogens is 294 g/mol. The summed E-state index contributed by atoms with van der Waals surface area (Å²) in [6, 6.07) is 9.29. The maximum Gasteiger partial charge on any atom is 0.253 e. The van der Waals surface area contributed by atoms with Gasteiger partial charge in [-0.2, -0.15) is 0 Å². The molecule has 122 valence electrons. The molecule has 0 saturated heterocycles. The summed E-state index contributed by atoms with van der Waals surface area (Å²) in [5.41, 5.74) is 2.54. The Morgan fingerprint density at radius 2 is 1.87 bits per heavy atom. The zero-order chi connectivity index (χ0) is 16.7. The average Bonchev–Trinajstić information content (AvgIpc) is 3.08. The van der Waals surface area contributed by atoms with Gasteiger partial charge in [0.25, 0.3) is 5.91 Å². The lowest BCUT2D eigenvalue weighted by Crippen LogP contribution is -2.36. The lowest BCUT2D eigenvalue weighted by molar-refractivity contribution is 0.0827. The zero-order valence-electron chi connectivity index (χ0n) is 13.5. The highest BCUT2D eigenvalue weighted by Gasteiger charge is 2.07. The monoisotopic (exact) mass is 315 g/mol. The van der Waals surface area contributed by atoms with Crippen molar-refractivity contribution in [2.24, 2.45) is 4.99 Å². The Morgan fingerprint density at radius 3 is 2.43 bits per heavy atom. The van der Waals surface area contributed by atoms with E-state index in [9.17, 15) is 4.79 Å². The fourth-order valence-electron chi connectivity index (χ4n) is 1.93. The van der Waals surface area contributed by atoms with E-state index in [1.807, 2.05) is 24.3 Å². The highest BCUT2D eigenvalue weighted by atomic mass is 16.5. The van der Waals surface area contributed by atoms with Crippen molar-refractivity contribution >= 4 is 11.9 Å². The summed E-state index contributed by atoms with van der Waals surface area (Å²) < 4.78 is 4.78. The van der Waals surface area contributed by atoms with Crippen LogP contribution in [0.15, 0.2) is 46.1 Å². The highest BCUT2D eigenvalue weighted by Crippen LogP contribution is 2.06. The van der Waals surface area contributed by atoms with Crippen molar-refractivity contribution in [1.82, 2.24) is 20.7 Å². The van der Waals surface area contributed by atoms with Crippen molar-refractivity contribution in [1.29, 1.82) is 0 Å². The third kappa shape index (κ3) is 4.84. The van der Waals surface area contributed by atoms with Gasteiger partial charge in [0.1, 0.15) is 12.0 Å². The molecule has 1 heterocycles. The van der Waals surface area contributed by atoms with Crippen molar-refractivity contribution in [2.45, 2.75) is 13.1 Å². The molecule has 1 aromatic heterocycles. The van der Waals surface area contributed by atoms with E-state index in [2.05, 4.69) is 20.8 Å². The third-order valence-corrected chi connectivity index (χ3v) is 3.22. The van der Waals surface area contributed by atoms with E-state index in [-0.39, 0.29) is 5.91 Å². The van der Waals surface area contributed by atoms with E-state index in [1.54, 1.807) is 32.1 Å². The molecule has 0 aliphatic carbocycles. The SMILES string of the molecule is CN=C(NCc1ccc(C(=O)N(C)C)cc1)NCc1ccon1. The first-order chi connectivity index (χ1) is 11.1. The predicted molar refractivity (Wildman–Crippen MR) is 88.0 cm³/mol. The minimum atomic E-state index is -0.00500. The number of benzene rings is 1. The van der Waals surface area contributed by atoms with Gasteiger partial charge in [0.15, 0.2) is 5.96 Å². The van der Waals surface area contributed by atoms with Crippen LogP contribution in [-0.4, -0.2) is 43.1 Å². The molecule has 23 heavy (non-hydrogen) atoms. The molecule has 0 bridgehead atoms. The van der Waals surface area contributed by atoms with Gasteiger partial charge in [-0.25, -0.2) is 0 Å². The maximum atomic E-state index is 11.8. The quantitative estimate of drug-likeness (QED) is 0.641. The number of aromatic nitrogens is 1. The summed E-state index contributed by atoms with van der Waals surface area (Å²) in [5, 5.41) is 10.2. The van der Waals surface area contributed by atoms with Crippen molar-refractivity contribution in [3.05, 3.63) is 53.4 Å². The van der Waals surface area contributed by atoms with E-state index in [4.69, 9.17) is 4.52 Å². The minimum absolute atomic E-state index is 0.00500. The van der Waals surface area contributed by atoms with Gasteiger partial charge in [0.2, 0.25) is 0 Å². The summed E-state index contributed by atoms with van der Waals surface area (Å²) in [5.74, 6) is 0.663. The number of rotatable bonds is 5. The molecule has 7 nitrogen and oxygen atoms in total. The van der Waals surface area contributed by atoms with E-state index in [0.717, 1.165) is 11.3 Å². The standard InChI is InChI=1S/C16H21N5O2/c1-17-16(19-11-14-8-9-23-20-14)18-10-12-4-6-13(7-5-12)15(22)21(2)3/h4-9H,10-11H2,1-3H3,(H2,17,18,19). The van der Waals surface area contributed by atoms with Gasteiger partial charge >= 0.3 is 0 Å². The molecule has 0 fully saturated rings. The molecule has 0 saturated carbocycles. The molecular formula is C16H21N5O2. The van der Waals surface area contributed by atoms with Crippen LogP contribution in [0.5, 0.6) is 0 Å². The number of carbonyl (C=O) groups is 1. The highest BCUT2D eigenvalue weighted by molar-refractivity contribution is 5.93. The van der Waals surface area contributed by atoms with Gasteiger partial charge in [0, 0.05) is 39.3 Å². The largest absolute Gasteiger partial charge is 0.364 e. The van der Waals surface area contributed by atoms with Crippen LogP contribution < -0.4 is 10.6 Å². The molecule has 2 N–H and O–H groups in total. The second kappa shape index (κ2) is 7.98. The van der Waals surface area contributed by atoms with E-state index < -0.39 is 0 Å². The summed E-state index contributed by atoms with van der Waals surface area (Å²) in [7, 11) is 5.18. The van der Waals surface area contributed by atoms with Gasteiger partial charge in [-0.1, -0.05) is 17.3 Å². The summed E-state index contributed by atoms with van der Waals surface area (Å²) in [6.45, 7) is 1.14. The van der Waals surface area contributed by atoms with Gasteiger partial charge in [-0.05, 0) is 17.7 Å². The van der Waals surface area contributed by atoms with Crippen LogP contribution in [0.25, 0.3) is 0 Å². The second-order valence-electron chi connectivity index (χ2n) is 5.17. The molecule has 0 radical (unpaired) electrons. The fraction of sp³-hybridized carbons (Fsp3) is 0.312. The first-order valence-electron chi connectivity index (χ1n) is 7.24. The molecule has 0 spiro atoms. The van der Waals surface area contributed by atoms with E-state index >= 15 is 0 Å². The minimum Gasteiger partial charge on any atom is -0.364 e. The second-order valence-corrected chi connectivity index (χ2v) is 5.17. The van der Waals surface area contributed by atoms with Gasteiger partial charge in [-0.15, -0.1) is 0 Å². The Balaban J connectivity index is 1.85. The number of amides is 1. The molecule has 0 atom stereocenters. The Labute approximate surface area is 135 Å². The number of guanidine groups is 1. The van der Waals surface area contributed by atoms with E-state index in [1.165, 1.54) is 6.26 Å². The number of carbonyl (C=O) groups excluding carboxylic acids is 1. The summed E-state index contributed by atoms with van der Waals surface area (Å²) in [4.78, 5) is 17.5. The molecule has 2 rings (SSSR count). The van der Waals surface area contributed by atoms with Gasteiger partial charge < -0.3 is 20.1 Å². The van der Waals surface area contributed by atoms with Crippen molar-refractivity contribution in [2.75, 3.05) is 21.1 Å². The smallest absolute Gasteiger partial charge is 0.253 e. The van der Waals surface area contributed by atoms with Crippen LogP contribution in [0.1, 0.15) is 21.6 Å². The average molecular weight is 315 g/mol. The predicted octanol–water partition coefficient (Wildman–Crippen LogP) is 1.24. The number of hydrogen-bond acceptors (Lipinski definition) is 4. The first kappa shape index (κ1) is 16.5. The number of nitrogens with zero attached hydrogens (tertiary/aromatic N) is 3. The maximum absolute atomic E-state index is 11.8. The van der Waals surface area contributed by atoms with Crippen LogP contribution in [0, 0.1) is 0 Å². The molecule has 0 aliphatic rings. The lowest BCUT2D eigenvalue weighted by atomic mass is 10.1. The topological polar surface area (TPSA) is 82.8 Å². The summed E-state index contributed by atoms with van der Waals surface area (Å²) in [6.07, 6.45) is 1.53. The Morgan fingerprint density at radius 1 is 1.17 bits per heavy atom. The molecule has 1 amide bonds. The van der Waals surface area contributed by atoms with Crippen LogP contribution in [-0.2, 0) is 13.1 Å². The molecule has 0 unspecified atom stereocenters. The molecule has 0 aliphatic heterocycles. The lowest BCUT2D eigenvalue weighted by Gasteiger charge is -2.12. The van der Waals surface area contributed by atoms with E-state index in [0.29, 0.717) is 24.6 Å². The zero-order valence-corrected chi connectivity index (χ0v) is 13.5. The fourth-order valence-corrected chi connectivity index (χ4v) is 1.93. The molecule has 2 aromatic rings. The number of nitrogens with one attached hydrogen (secondary N) is 2. The first-order valence-corrected chi connectivity index (χ1v) is 7.24. The molecule has 1 aromatic carbocycles. The summed E-state index contributed by atoms with van der Waals surface area (Å²) >= 11 is 0. The number of aliphatic imine (C=N–C) groups is 1. The van der Waals surface area contributed by atoms with Crippen LogP contribution in [0.3, 0.4) is 0 Å². The van der Waals surface area contributed by atoms with Crippen LogP contribution in [0.2, 0.25) is 0 Å². The number of hydrogen-bond donors (Lipinski definition) is 2. The Kier molecular flexibility index (Phi) is 5.74. The Hall–Kier alpha value is -2.83. The van der Waals surface area contributed by atoms with Crippen LogP contribution in [0.4, 0.5) is 0 Å². The van der Waals surface area contributed by atoms with Gasteiger partial charge in [-0.3, -0.25) is 9.79 Å². The van der Waals surface area contributed by atoms with Crippen molar-refractivity contribution in [3.63, 3.8) is 0 Å². The van der Waals surface area contributed by atoms with Crippen molar-refractivity contribution < 1.29 is 9.32 Å². The van der Waals surface area contributed by atoms with Crippen molar-refractivity contribution in [3.8, 4) is 0 Å². The molecule has 7 heteroatoms. The normalized spacial score (nSPS) is 11.2. The Bertz CT molecular complexity index is 648. The third-order valence-electron chi connectivity index (χ3n) is 3.22. The van der Waals surface area contributed by atoms with Gasteiger partial charge in [0.05, 0.1) is 6.54 Å². The van der Waals surface area contributed by atoms with Crippen LogP contribution >= 0.6 is 0 Å².